The van der Waals surface area contributed by atoms with Crippen LogP contribution in [0.4, 0.5) is 0 Å². The van der Waals surface area contributed by atoms with E-state index in [9.17, 15) is 13.2 Å². The summed E-state index contributed by atoms with van der Waals surface area (Å²) in [7, 11) is 2.58. The number of carbonyl (C=O) groups excluding carboxylic acids is 1. The lowest BCUT2D eigenvalue weighted by molar-refractivity contribution is 0.0687. The Hall–Kier alpha value is -1.64. The van der Waals surface area contributed by atoms with Crippen molar-refractivity contribution in [1.29, 1.82) is 0 Å². The van der Waals surface area contributed by atoms with Gasteiger partial charge in [-0.25, -0.2) is 12.7 Å². The third kappa shape index (κ3) is 4.55. The van der Waals surface area contributed by atoms with Crippen molar-refractivity contribution in [3.8, 4) is 5.75 Å². The molecule has 1 aromatic carbocycles. The Morgan fingerprint density at radius 1 is 1.31 bits per heavy atom. The molecule has 1 aliphatic heterocycles. The second-order valence-electron chi connectivity index (χ2n) is 6.78. The van der Waals surface area contributed by atoms with Crippen molar-refractivity contribution in [2.75, 3.05) is 47.9 Å². The van der Waals surface area contributed by atoms with Crippen LogP contribution in [-0.2, 0) is 10.0 Å². The minimum Gasteiger partial charge on any atom is -0.495 e. The number of benzene rings is 1. The van der Waals surface area contributed by atoms with E-state index < -0.39 is 10.0 Å². The number of nitrogens with one attached hydrogen (secondary N) is 1. The highest BCUT2D eigenvalue weighted by Crippen LogP contribution is 2.28. The van der Waals surface area contributed by atoms with Crippen LogP contribution in [0.3, 0.4) is 0 Å². The van der Waals surface area contributed by atoms with Crippen molar-refractivity contribution in [1.82, 2.24) is 14.5 Å². The van der Waals surface area contributed by atoms with E-state index in [0.717, 1.165) is 30.1 Å². The molecule has 1 saturated heterocycles. The summed E-state index contributed by atoms with van der Waals surface area (Å²) in [5.74, 6) is 0.739. The lowest BCUT2D eigenvalue weighted by Crippen LogP contribution is -2.39. The molecule has 7 nitrogen and oxygen atoms in total. The van der Waals surface area contributed by atoms with Crippen molar-refractivity contribution < 1.29 is 17.9 Å². The standard InChI is InChI=1S/C18H29N3O4S/c1-19-10-7-14-8-11-21(12-9-14)18(22)15-5-6-16(25-4)17(13-15)26(23,24)20(2)3/h5-6,13-14,19H,7-12H2,1-4H3. The molecule has 0 aromatic heterocycles. The topological polar surface area (TPSA) is 79.0 Å². The Morgan fingerprint density at radius 3 is 2.50 bits per heavy atom. The molecule has 1 N–H and O–H groups in total. The minimum absolute atomic E-state index is 0.0137. The smallest absolute Gasteiger partial charge is 0.253 e. The first-order chi connectivity index (χ1) is 12.3. The van der Waals surface area contributed by atoms with Gasteiger partial charge in [0.25, 0.3) is 5.91 Å². The highest BCUT2D eigenvalue weighted by Gasteiger charge is 2.27. The highest BCUT2D eigenvalue weighted by molar-refractivity contribution is 7.89. The van der Waals surface area contributed by atoms with Gasteiger partial charge in [-0.1, -0.05) is 0 Å². The maximum absolute atomic E-state index is 12.8. The molecule has 8 heteroatoms. The van der Waals surface area contributed by atoms with Crippen molar-refractivity contribution in [3.05, 3.63) is 23.8 Å². The van der Waals surface area contributed by atoms with E-state index >= 15 is 0 Å². The van der Waals surface area contributed by atoms with E-state index in [1.54, 1.807) is 12.1 Å². The molecule has 26 heavy (non-hydrogen) atoms. The summed E-state index contributed by atoms with van der Waals surface area (Å²) in [6, 6.07) is 4.59. The first-order valence-corrected chi connectivity index (χ1v) is 10.3. The Morgan fingerprint density at radius 2 is 1.96 bits per heavy atom. The lowest BCUT2D eigenvalue weighted by Gasteiger charge is -2.32. The van der Waals surface area contributed by atoms with Crippen LogP contribution in [0.5, 0.6) is 5.75 Å². The van der Waals surface area contributed by atoms with Crippen molar-refractivity contribution >= 4 is 15.9 Å². The summed E-state index contributed by atoms with van der Waals surface area (Å²) in [6.07, 6.45) is 3.07. The molecule has 1 amide bonds. The number of likely N-dealkylation sites (tertiary alicyclic amines) is 1. The summed E-state index contributed by atoms with van der Waals surface area (Å²) < 4.78 is 31.3. The van der Waals surface area contributed by atoms with Gasteiger partial charge in [-0.3, -0.25) is 4.79 Å². The van der Waals surface area contributed by atoms with E-state index in [-0.39, 0.29) is 16.6 Å². The quantitative estimate of drug-likeness (QED) is 0.770. The van der Waals surface area contributed by atoms with Gasteiger partial charge >= 0.3 is 0 Å². The predicted molar refractivity (Wildman–Crippen MR) is 101 cm³/mol. The van der Waals surface area contributed by atoms with Gasteiger partial charge in [0, 0.05) is 32.7 Å². The first kappa shape index (κ1) is 20.7. The molecular formula is C18H29N3O4S. The SMILES string of the molecule is CNCCC1CCN(C(=O)c2ccc(OC)c(S(=O)(=O)N(C)C)c2)CC1. The molecule has 2 rings (SSSR count). The normalized spacial score (nSPS) is 16.1. The molecule has 1 aromatic rings. The van der Waals surface area contributed by atoms with Crippen molar-refractivity contribution in [2.45, 2.75) is 24.2 Å². The number of methoxy groups -OCH3 is 1. The van der Waals surface area contributed by atoms with Gasteiger partial charge in [0.05, 0.1) is 7.11 Å². The number of piperidine rings is 1. The average molecular weight is 384 g/mol. The molecular weight excluding hydrogens is 354 g/mol. The van der Waals surface area contributed by atoms with E-state index in [0.29, 0.717) is 24.6 Å². The largest absolute Gasteiger partial charge is 0.495 e. The predicted octanol–water partition coefficient (Wildman–Crippen LogP) is 1.41. The van der Waals surface area contributed by atoms with Crippen LogP contribution in [0, 0.1) is 5.92 Å². The molecule has 0 saturated carbocycles. The molecule has 0 unspecified atom stereocenters. The maximum Gasteiger partial charge on any atom is 0.253 e. The van der Waals surface area contributed by atoms with Crippen LogP contribution >= 0.6 is 0 Å². The fourth-order valence-electron chi connectivity index (χ4n) is 3.16. The van der Waals surface area contributed by atoms with E-state index in [1.807, 2.05) is 11.9 Å². The number of carbonyl (C=O) groups is 1. The second-order valence-corrected chi connectivity index (χ2v) is 8.90. The summed E-state index contributed by atoms with van der Waals surface area (Å²) >= 11 is 0. The lowest BCUT2D eigenvalue weighted by atomic mass is 9.93. The molecule has 0 atom stereocenters. The third-order valence-corrected chi connectivity index (χ3v) is 6.71. The monoisotopic (exact) mass is 383 g/mol. The molecule has 0 spiro atoms. The van der Waals surface area contributed by atoms with Gasteiger partial charge in [0.1, 0.15) is 10.6 Å². The number of amides is 1. The van der Waals surface area contributed by atoms with E-state index in [2.05, 4.69) is 5.32 Å². The summed E-state index contributed by atoms with van der Waals surface area (Å²) in [4.78, 5) is 14.7. The molecule has 1 fully saturated rings. The Balaban J connectivity index is 2.18. The fraction of sp³-hybridized carbons (Fsp3) is 0.611. The second kappa shape index (κ2) is 8.83. The summed E-state index contributed by atoms with van der Waals surface area (Å²) in [5.41, 5.74) is 0.375. The molecule has 1 heterocycles. The van der Waals surface area contributed by atoms with Gasteiger partial charge in [-0.05, 0) is 57.0 Å². The number of ether oxygens (including phenoxy) is 1. The van der Waals surface area contributed by atoms with Gasteiger partial charge in [-0.2, -0.15) is 0 Å². The van der Waals surface area contributed by atoms with Crippen LogP contribution in [-0.4, -0.2) is 71.4 Å². The van der Waals surface area contributed by atoms with Gasteiger partial charge < -0.3 is 15.0 Å². The number of sulfonamides is 1. The molecule has 0 radical (unpaired) electrons. The Bertz CT molecular complexity index is 726. The third-order valence-electron chi connectivity index (χ3n) is 4.87. The van der Waals surface area contributed by atoms with Crippen LogP contribution in [0.15, 0.2) is 23.1 Å². The minimum atomic E-state index is -3.69. The van der Waals surface area contributed by atoms with Crippen LogP contribution in [0.25, 0.3) is 0 Å². The van der Waals surface area contributed by atoms with Crippen LogP contribution in [0.2, 0.25) is 0 Å². The van der Waals surface area contributed by atoms with E-state index in [4.69, 9.17) is 4.74 Å². The van der Waals surface area contributed by atoms with E-state index in [1.165, 1.54) is 27.3 Å². The Kier molecular flexibility index (Phi) is 7.02. The maximum atomic E-state index is 12.8. The average Bonchev–Trinajstić information content (AvgIpc) is 2.65. The molecule has 0 bridgehead atoms. The number of rotatable bonds is 7. The molecule has 146 valence electrons. The number of nitrogens with zero attached hydrogens (tertiary/aromatic N) is 2. The highest BCUT2D eigenvalue weighted by atomic mass is 32.2. The van der Waals surface area contributed by atoms with Gasteiger partial charge in [-0.15, -0.1) is 0 Å². The molecule has 0 aliphatic carbocycles. The van der Waals surface area contributed by atoms with Gasteiger partial charge in [0.15, 0.2) is 0 Å². The van der Waals surface area contributed by atoms with Gasteiger partial charge in [0.2, 0.25) is 10.0 Å². The zero-order valence-corrected chi connectivity index (χ0v) is 16.8. The fourth-order valence-corrected chi connectivity index (χ4v) is 4.24. The van der Waals surface area contributed by atoms with Crippen LogP contribution < -0.4 is 10.1 Å². The van der Waals surface area contributed by atoms with Crippen molar-refractivity contribution in [2.24, 2.45) is 5.92 Å². The first-order valence-electron chi connectivity index (χ1n) is 8.85. The van der Waals surface area contributed by atoms with Crippen molar-refractivity contribution in [3.63, 3.8) is 0 Å². The number of hydrogen-bond donors (Lipinski definition) is 1. The zero-order valence-electron chi connectivity index (χ0n) is 16.0. The van der Waals surface area contributed by atoms with Crippen LogP contribution in [0.1, 0.15) is 29.6 Å². The Labute approximate surface area is 156 Å². The summed E-state index contributed by atoms with van der Waals surface area (Å²) in [6.45, 7) is 2.40. The number of hydrogen-bond acceptors (Lipinski definition) is 5. The molecule has 1 aliphatic rings. The zero-order chi connectivity index (χ0) is 19.3. The summed E-state index contributed by atoms with van der Waals surface area (Å²) in [5, 5.41) is 3.16.